The number of aryl methyl sites for hydroxylation is 1. The van der Waals surface area contributed by atoms with Crippen LogP contribution in [0.15, 0.2) is 60.2 Å². The maximum absolute atomic E-state index is 13.7. The van der Waals surface area contributed by atoms with Crippen molar-refractivity contribution in [3.63, 3.8) is 0 Å². The van der Waals surface area contributed by atoms with Gasteiger partial charge in [-0.05, 0) is 10.7 Å². The van der Waals surface area contributed by atoms with Gasteiger partial charge in [-0.15, -0.1) is 4.91 Å². The Balaban J connectivity index is 1.71. The molecule has 38 heavy (non-hydrogen) atoms. The van der Waals surface area contributed by atoms with E-state index in [0.717, 1.165) is 5.56 Å². The van der Waals surface area contributed by atoms with E-state index in [2.05, 4.69) is 30.9 Å². The fourth-order valence-corrected chi connectivity index (χ4v) is 4.10. The van der Waals surface area contributed by atoms with Crippen molar-refractivity contribution in [2.75, 3.05) is 29.8 Å². The molecule has 4 aromatic rings. The van der Waals surface area contributed by atoms with Crippen LogP contribution in [-0.4, -0.2) is 40.0 Å². The van der Waals surface area contributed by atoms with Gasteiger partial charge in [-0.3, -0.25) is 9.58 Å². The molecule has 0 spiro atoms. The van der Waals surface area contributed by atoms with E-state index in [1.54, 1.807) is 7.05 Å². The summed E-state index contributed by atoms with van der Waals surface area (Å²) >= 11 is 12.9. The third-order valence-corrected chi connectivity index (χ3v) is 6.07. The Bertz CT molecular complexity index is 1440. The van der Waals surface area contributed by atoms with Crippen LogP contribution in [0, 0.1) is 4.91 Å². The molecule has 14 heteroatoms. The molecule has 0 unspecified atom stereocenters. The number of hydrogen-bond acceptors (Lipinski definition) is 9. The summed E-state index contributed by atoms with van der Waals surface area (Å²) in [4.78, 5) is 34.6. The van der Waals surface area contributed by atoms with Crippen LogP contribution in [0.25, 0.3) is 0 Å². The lowest BCUT2D eigenvalue weighted by molar-refractivity contribution is 0.256. The van der Waals surface area contributed by atoms with Crippen LogP contribution in [0.3, 0.4) is 0 Å². The van der Waals surface area contributed by atoms with E-state index in [1.165, 1.54) is 48.5 Å². The predicted molar refractivity (Wildman–Crippen MR) is 145 cm³/mol. The first-order valence-corrected chi connectivity index (χ1v) is 11.8. The van der Waals surface area contributed by atoms with Crippen LogP contribution in [0.4, 0.5) is 33.6 Å². The molecular weight excluding hydrogens is 535 g/mol. The zero-order valence-electron chi connectivity index (χ0n) is 20.5. The van der Waals surface area contributed by atoms with Gasteiger partial charge in [-0.1, -0.05) is 53.5 Å². The van der Waals surface area contributed by atoms with E-state index >= 15 is 0 Å². The number of rotatable bonds is 9. The van der Waals surface area contributed by atoms with E-state index < -0.39 is 6.03 Å². The third kappa shape index (κ3) is 5.76. The maximum atomic E-state index is 13.7. The fraction of sp³-hybridized carbons (Fsp3) is 0.167. The number of halogens is 2. The molecule has 0 aliphatic rings. The third-order valence-electron chi connectivity index (χ3n) is 5.32. The van der Waals surface area contributed by atoms with Gasteiger partial charge < -0.3 is 20.1 Å². The van der Waals surface area contributed by atoms with Crippen molar-refractivity contribution in [1.29, 1.82) is 0 Å². The zero-order valence-corrected chi connectivity index (χ0v) is 22.0. The highest BCUT2D eigenvalue weighted by Crippen LogP contribution is 2.44. The van der Waals surface area contributed by atoms with Gasteiger partial charge in [0.05, 0.1) is 32.6 Å². The summed E-state index contributed by atoms with van der Waals surface area (Å²) in [6.45, 7) is 0.143. The van der Waals surface area contributed by atoms with Gasteiger partial charge >= 0.3 is 6.03 Å². The van der Waals surface area contributed by atoms with Gasteiger partial charge in [-0.25, -0.2) is 14.8 Å². The van der Waals surface area contributed by atoms with Crippen molar-refractivity contribution >= 4 is 58.1 Å². The normalized spacial score (nSPS) is 10.6. The van der Waals surface area contributed by atoms with Crippen LogP contribution in [0.2, 0.25) is 10.0 Å². The minimum Gasteiger partial charge on any atom is -0.495 e. The molecule has 0 saturated carbocycles. The van der Waals surface area contributed by atoms with Gasteiger partial charge in [0, 0.05) is 19.2 Å². The lowest BCUT2D eigenvalue weighted by Gasteiger charge is -2.24. The van der Waals surface area contributed by atoms with Crippen molar-refractivity contribution in [3.05, 3.63) is 75.5 Å². The smallest absolute Gasteiger partial charge is 0.327 e. The summed E-state index contributed by atoms with van der Waals surface area (Å²) in [7, 11) is 4.52. The highest BCUT2D eigenvalue weighted by atomic mass is 35.5. The first-order valence-electron chi connectivity index (χ1n) is 11.0. The van der Waals surface area contributed by atoms with E-state index in [9.17, 15) is 9.70 Å². The van der Waals surface area contributed by atoms with Crippen molar-refractivity contribution in [1.82, 2.24) is 19.7 Å². The average molecular weight is 557 g/mol. The van der Waals surface area contributed by atoms with Gasteiger partial charge in [-0.2, -0.15) is 5.10 Å². The first kappa shape index (κ1) is 26.6. The molecule has 2 heterocycles. The minimum absolute atomic E-state index is 0.0976. The molecule has 2 N–H and O–H groups in total. The summed E-state index contributed by atoms with van der Waals surface area (Å²) in [5.41, 5.74) is 1.03. The molecule has 0 fully saturated rings. The molecule has 0 aliphatic heterocycles. The summed E-state index contributed by atoms with van der Waals surface area (Å²) in [5.74, 6) is 1.25. The number of aromatic nitrogens is 4. The molecule has 2 amide bonds. The molecule has 2 aromatic carbocycles. The Morgan fingerprint density at radius 1 is 1.08 bits per heavy atom. The second-order valence-corrected chi connectivity index (χ2v) is 8.56. The number of carbonyl (C=O) groups is 1. The molecule has 0 bridgehead atoms. The van der Waals surface area contributed by atoms with Gasteiger partial charge in [0.15, 0.2) is 11.5 Å². The molecule has 0 radical (unpaired) electrons. The number of amides is 2. The van der Waals surface area contributed by atoms with Crippen LogP contribution >= 0.6 is 23.2 Å². The first-order chi connectivity index (χ1) is 18.3. The Kier molecular flexibility index (Phi) is 8.24. The highest BCUT2D eigenvalue weighted by Gasteiger charge is 2.24. The highest BCUT2D eigenvalue weighted by molar-refractivity contribution is 6.41. The summed E-state index contributed by atoms with van der Waals surface area (Å²) < 4.78 is 12.0. The number of benzene rings is 2. The summed E-state index contributed by atoms with van der Waals surface area (Å²) in [6, 6.07) is 11.8. The standard InChI is InChI=1S/C24H22Cl2N8O4/c1-33-12-15(32-36)23(31-33)29-18-10-19(28-13-27-18)34(11-14-7-5-4-6-8-14)24(35)30-22-20(25)16(37-2)9-17(38-3)21(22)26/h4-10,12-13H,11H2,1-3H3,(H,30,35)(H,27,28,29,31). The topological polar surface area (TPSA) is 136 Å². The lowest BCUT2D eigenvalue weighted by Crippen LogP contribution is -2.35. The van der Waals surface area contributed by atoms with E-state index in [4.69, 9.17) is 32.7 Å². The number of urea groups is 1. The number of methoxy groups -OCH3 is 2. The second-order valence-electron chi connectivity index (χ2n) is 7.80. The van der Waals surface area contributed by atoms with Crippen molar-refractivity contribution < 1.29 is 14.3 Å². The van der Waals surface area contributed by atoms with E-state index in [-0.39, 0.29) is 56.9 Å². The maximum Gasteiger partial charge on any atom is 0.327 e. The van der Waals surface area contributed by atoms with E-state index in [0.29, 0.717) is 0 Å². The van der Waals surface area contributed by atoms with Crippen molar-refractivity contribution in [2.24, 2.45) is 12.2 Å². The molecule has 0 atom stereocenters. The lowest BCUT2D eigenvalue weighted by atomic mass is 10.2. The monoisotopic (exact) mass is 556 g/mol. The van der Waals surface area contributed by atoms with Gasteiger partial charge in [0.1, 0.15) is 39.5 Å². The van der Waals surface area contributed by atoms with Crippen LogP contribution in [0.1, 0.15) is 5.56 Å². The van der Waals surface area contributed by atoms with Crippen LogP contribution in [0.5, 0.6) is 11.5 Å². The number of anilines is 4. The average Bonchev–Trinajstić information content (AvgIpc) is 3.29. The summed E-state index contributed by atoms with van der Waals surface area (Å²) in [6.07, 6.45) is 2.73. The Morgan fingerprint density at radius 2 is 1.76 bits per heavy atom. The zero-order chi connectivity index (χ0) is 27.2. The molecule has 0 aliphatic carbocycles. The molecule has 2 aromatic heterocycles. The fourth-order valence-electron chi connectivity index (χ4n) is 3.51. The van der Waals surface area contributed by atoms with Crippen molar-refractivity contribution in [2.45, 2.75) is 6.54 Å². The van der Waals surface area contributed by atoms with Gasteiger partial charge in [0.2, 0.25) is 0 Å². The second kappa shape index (κ2) is 11.8. The molecule has 4 rings (SSSR count). The van der Waals surface area contributed by atoms with Crippen LogP contribution in [-0.2, 0) is 13.6 Å². The molecular formula is C24H22Cl2N8O4. The molecule has 0 saturated heterocycles. The number of carbonyl (C=O) groups excluding carboxylic acids is 1. The number of nitrogens with zero attached hydrogens (tertiary/aromatic N) is 6. The molecule has 196 valence electrons. The Labute approximate surface area is 227 Å². The largest absolute Gasteiger partial charge is 0.495 e. The Hall–Kier alpha value is -4.42. The summed E-state index contributed by atoms with van der Waals surface area (Å²) in [5, 5.41) is 13.0. The number of hydrogen-bond donors (Lipinski definition) is 2. The molecule has 12 nitrogen and oxygen atoms in total. The number of nitroso groups, excluding NO2 is 1. The van der Waals surface area contributed by atoms with Gasteiger partial charge in [0.25, 0.3) is 0 Å². The van der Waals surface area contributed by atoms with Crippen molar-refractivity contribution in [3.8, 4) is 11.5 Å². The minimum atomic E-state index is -0.592. The number of ether oxygens (including phenoxy) is 2. The predicted octanol–water partition coefficient (Wildman–Crippen LogP) is 5.91. The van der Waals surface area contributed by atoms with E-state index in [1.807, 2.05) is 30.3 Å². The SMILES string of the molecule is COc1cc(OC)c(Cl)c(NC(=O)N(Cc2ccccc2)c2cc(Nc3nn(C)cc3N=O)ncn2)c1Cl. The van der Waals surface area contributed by atoms with Crippen LogP contribution < -0.4 is 25.0 Å². The quantitative estimate of drug-likeness (QED) is 0.242. The Morgan fingerprint density at radius 3 is 2.39 bits per heavy atom. The number of nitrogens with one attached hydrogen (secondary N) is 2.